The number of rotatable bonds is 20. The highest BCUT2D eigenvalue weighted by molar-refractivity contribution is 6.00. The summed E-state index contributed by atoms with van der Waals surface area (Å²) in [6.45, 7) is 10.1. The van der Waals surface area contributed by atoms with Gasteiger partial charge in [-0.05, 0) is 45.2 Å². The normalized spacial score (nSPS) is 11.5. The van der Waals surface area contributed by atoms with Gasteiger partial charge in [-0.2, -0.15) is 0 Å². The monoisotopic (exact) mass is 490 g/mol. The molecule has 1 aromatic carbocycles. The Morgan fingerprint density at radius 1 is 0.714 bits per heavy atom. The summed E-state index contributed by atoms with van der Waals surface area (Å²) in [4.78, 5) is 26.1. The Kier molecular flexibility index (Phi) is 16.2. The van der Waals surface area contributed by atoms with Gasteiger partial charge in [0.2, 0.25) is 0 Å². The quantitative estimate of drug-likeness (QED) is 0.0794. The maximum Gasteiger partial charge on any atom is 0.328 e. The number of carbonyl (C=O) groups is 2. The van der Waals surface area contributed by atoms with Crippen LogP contribution in [0.15, 0.2) is 24.3 Å². The molecule has 1 aromatic rings. The second-order valence-corrected chi connectivity index (χ2v) is 9.82. The van der Waals surface area contributed by atoms with Crippen LogP contribution in [-0.2, 0) is 14.3 Å². The molecule has 0 saturated heterocycles. The summed E-state index contributed by atoms with van der Waals surface area (Å²) in [5, 5.41) is 0. The fraction of sp³-hybridized carbons (Fsp3) is 0.733. The number of unbranched alkanes of at least 4 members (excludes halogenated alkanes) is 11. The Balaban J connectivity index is 2.40. The topological polar surface area (TPSA) is 61.8 Å². The first kappa shape index (κ1) is 31.0. The van der Waals surface area contributed by atoms with Crippen molar-refractivity contribution in [1.82, 2.24) is 0 Å². The van der Waals surface area contributed by atoms with Gasteiger partial charge in [-0.15, -0.1) is 0 Å². The summed E-state index contributed by atoms with van der Waals surface area (Å²) in [5.74, 6) is -0.257. The molecule has 0 aliphatic heterocycles. The average Bonchev–Trinajstić information content (AvgIpc) is 2.84. The number of ether oxygens (including phenoxy) is 3. The Labute approximate surface area is 214 Å². The fourth-order valence-corrected chi connectivity index (χ4v) is 4.24. The van der Waals surface area contributed by atoms with E-state index in [1.165, 1.54) is 57.8 Å². The average molecular weight is 491 g/mol. The van der Waals surface area contributed by atoms with E-state index in [9.17, 15) is 9.59 Å². The van der Waals surface area contributed by atoms with Gasteiger partial charge in [0.15, 0.2) is 16.9 Å². The van der Waals surface area contributed by atoms with Gasteiger partial charge < -0.3 is 14.2 Å². The molecule has 0 heterocycles. The Morgan fingerprint density at radius 2 is 1.20 bits per heavy atom. The SMILES string of the molecule is CCCCCCCCCCCCCCOC(=O)C(CC)(CC)C(=O)Oc1ccccc1OC(C)C. The van der Waals surface area contributed by atoms with E-state index in [2.05, 4.69) is 6.92 Å². The summed E-state index contributed by atoms with van der Waals surface area (Å²) in [7, 11) is 0. The molecule has 1 rings (SSSR count). The van der Waals surface area contributed by atoms with E-state index >= 15 is 0 Å². The Morgan fingerprint density at radius 3 is 1.69 bits per heavy atom. The van der Waals surface area contributed by atoms with Crippen molar-refractivity contribution >= 4 is 11.9 Å². The minimum atomic E-state index is -1.30. The fourth-order valence-electron chi connectivity index (χ4n) is 4.24. The summed E-state index contributed by atoms with van der Waals surface area (Å²) in [6.07, 6.45) is 15.6. The minimum absolute atomic E-state index is 0.0579. The molecule has 0 aromatic heterocycles. The lowest BCUT2D eigenvalue weighted by atomic mass is 9.82. The molecule has 0 atom stereocenters. The largest absolute Gasteiger partial charge is 0.487 e. The Bertz CT molecular complexity index is 708. The highest BCUT2D eigenvalue weighted by atomic mass is 16.6. The van der Waals surface area contributed by atoms with Gasteiger partial charge in [0.25, 0.3) is 0 Å². The molecular weight excluding hydrogens is 440 g/mol. The van der Waals surface area contributed by atoms with Crippen LogP contribution in [-0.4, -0.2) is 24.6 Å². The Hall–Kier alpha value is -2.04. The highest BCUT2D eigenvalue weighted by Crippen LogP contribution is 2.34. The van der Waals surface area contributed by atoms with Crippen molar-refractivity contribution in [3.8, 4) is 11.5 Å². The molecule has 0 fully saturated rings. The van der Waals surface area contributed by atoms with Crippen molar-refractivity contribution in [3.63, 3.8) is 0 Å². The van der Waals surface area contributed by atoms with Crippen LogP contribution in [0.5, 0.6) is 11.5 Å². The maximum absolute atomic E-state index is 13.1. The molecule has 200 valence electrons. The first-order valence-corrected chi connectivity index (χ1v) is 14.1. The summed E-state index contributed by atoms with van der Waals surface area (Å²) >= 11 is 0. The molecule has 0 unspecified atom stereocenters. The predicted molar refractivity (Wildman–Crippen MR) is 143 cm³/mol. The summed E-state index contributed by atoms with van der Waals surface area (Å²) in [6, 6.07) is 7.05. The van der Waals surface area contributed by atoms with Crippen LogP contribution in [0.2, 0.25) is 0 Å². The van der Waals surface area contributed by atoms with Gasteiger partial charge in [0, 0.05) is 0 Å². The molecule has 5 nitrogen and oxygen atoms in total. The number of benzene rings is 1. The van der Waals surface area contributed by atoms with Crippen LogP contribution >= 0.6 is 0 Å². The molecule has 35 heavy (non-hydrogen) atoms. The third-order valence-electron chi connectivity index (χ3n) is 6.63. The second-order valence-electron chi connectivity index (χ2n) is 9.82. The smallest absolute Gasteiger partial charge is 0.328 e. The van der Waals surface area contributed by atoms with Gasteiger partial charge in [-0.1, -0.05) is 104 Å². The standard InChI is InChI=1S/C30H50O5/c1-6-9-10-11-12-13-14-15-16-17-18-21-24-33-28(31)30(7-2,8-3)29(32)35-27-23-20-19-22-26(27)34-25(4)5/h19-20,22-23,25H,6-18,21,24H2,1-5H3. The zero-order valence-corrected chi connectivity index (χ0v) is 23.0. The summed E-state index contributed by atoms with van der Waals surface area (Å²) in [5.41, 5.74) is -1.30. The lowest BCUT2D eigenvalue weighted by molar-refractivity contribution is -0.168. The van der Waals surface area contributed by atoms with Crippen molar-refractivity contribution < 1.29 is 23.8 Å². The van der Waals surface area contributed by atoms with Crippen LogP contribution in [0.3, 0.4) is 0 Å². The molecule has 0 aliphatic rings. The third-order valence-corrected chi connectivity index (χ3v) is 6.63. The van der Waals surface area contributed by atoms with Gasteiger partial charge in [-0.3, -0.25) is 9.59 Å². The molecule has 0 radical (unpaired) electrons. The maximum atomic E-state index is 13.1. The molecule has 0 aliphatic carbocycles. The van der Waals surface area contributed by atoms with Crippen LogP contribution in [0.1, 0.15) is 125 Å². The first-order chi connectivity index (χ1) is 16.9. The van der Waals surface area contributed by atoms with Gasteiger partial charge >= 0.3 is 11.9 Å². The van der Waals surface area contributed by atoms with Gasteiger partial charge in [0.05, 0.1) is 12.7 Å². The van der Waals surface area contributed by atoms with E-state index in [1.807, 2.05) is 33.8 Å². The van der Waals surface area contributed by atoms with Gasteiger partial charge in [-0.25, -0.2) is 0 Å². The van der Waals surface area contributed by atoms with Crippen LogP contribution in [0.4, 0.5) is 0 Å². The van der Waals surface area contributed by atoms with Crippen molar-refractivity contribution in [1.29, 1.82) is 0 Å². The zero-order chi connectivity index (χ0) is 25.9. The van der Waals surface area contributed by atoms with Crippen molar-refractivity contribution in [2.75, 3.05) is 6.61 Å². The molecule has 0 amide bonds. The molecule has 0 spiro atoms. The number of para-hydroxylation sites is 2. The molecule has 0 N–H and O–H groups in total. The van der Waals surface area contributed by atoms with Gasteiger partial charge in [0.1, 0.15) is 0 Å². The summed E-state index contributed by atoms with van der Waals surface area (Å²) < 4.78 is 17.0. The molecule has 0 bridgehead atoms. The van der Waals surface area contributed by atoms with E-state index in [0.717, 1.165) is 19.3 Å². The number of carbonyl (C=O) groups excluding carboxylic acids is 2. The van der Waals surface area contributed by atoms with E-state index in [4.69, 9.17) is 14.2 Å². The predicted octanol–water partition coefficient (Wildman–Crippen LogP) is 8.43. The van der Waals surface area contributed by atoms with Crippen molar-refractivity contribution in [2.24, 2.45) is 5.41 Å². The van der Waals surface area contributed by atoms with Crippen LogP contribution in [0, 0.1) is 5.41 Å². The lowest BCUT2D eigenvalue weighted by Crippen LogP contribution is -2.42. The number of hydrogen-bond donors (Lipinski definition) is 0. The number of hydrogen-bond acceptors (Lipinski definition) is 5. The van der Waals surface area contributed by atoms with Crippen molar-refractivity contribution in [2.45, 2.75) is 131 Å². The lowest BCUT2D eigenvalue weighted by Gasteiger charge is -2.27. The number of esters is 2. The zero-order valence-electron chi connectivity index (χ0n) is 23.0. The molecular formula is C30H50O5. The molecule has 5 heteroatoms. The molecule has 0 saturated carbocycles. The van der Waals surface area contributed by atoms with E-state index in [-0.39, 0.29) is 6.10 Å². The highest BCUT2D eigenvalue weighted by Gasteiger charge is 2.46. The minimum Gasteiger partial charge on any atom is -0.487 e. The second kappa shape index (κ2) is 18.3. The van der Waals surface area contributed by atoms with Crippen molar-refractivity contribution in [3.05, 3.63) is 24.3 Å². The van der Waals surface area contributed by atoms with Crippen LogP contribution < -0.4 is 9.47 Å². The first-order valence-electron chi connectivity index (χ1n) is 14.1. The van der Waals surface area contributed by atoms with E-state index < -0.39 is 17.4 Å². The third kappa shape index (κ3) is 11.5. The van der Waals surface area contributed by atoms with E-state index in [0.29, 0.717) is 30.9 Å². The van der Waals surface area contributed by atoms with E-state index in [1.54, 1.807) is 18.2 Å². The van der Waals surface area contributed by atoms with Crippen LogP contribution in [0.25, 0.3) is 0 Å².